The number of anilines is 1. The van der Waals surface area contributed by atoms with Crippen LogP contribution in [0.3, 0.4) is 0 Å². The Labute approximate surface area is 163 Å². The van der Waals surface area contributed by atoms with E-state index in [4.69, 9.17) is 9.26 Å². The van der Waals surface area contributed by atoms with Gasteiger partial charge in [-0.15, -0.1) is 0 Å². The van der Waals surface area contributed by atoms with E-state index >= 15 is 0 Å². The zero-order valence-corrected chi connectivity index (χ0v) is 16.4. The zero-order valence-electron chi connectivity index (χ0n) is 16.4. The SMILES string of the molecule is COc1cc(-c2onc(N(C)CC(C)CN3CCCC3)c2C(=O)O)ccc1F. The van der Waals surface area contributed by atoms with Crippen molar-refractivity contribution in [1.29, 1.82) is 0 Å². The molecule has 1 unspecified atom stereocenters. The highest BCUT2D eigenvalue weighted by molar-refractivity contribution is 5.99. The molecule has 8 heteroatoms. The molecule has 1 saturated heterocycles. The third kappa shape index (κ3) is 4.27. The molecule has 2 aromatic rings. The van der Waals surface area contributed by atoms with Crippen molar-refractivity contribution >= 4 is 11.8 Å². The van der Waals surface area contributed by atoms with E-state index in [-0.39, 0.29) is 22.9 Å². The first-order chi connectivity index (χ1) is 13.4. The van der Waals surface area contributed by atoms with Gasteiger partial charge in [0.05, 0.1) is 7.11 Å². The van der Waals surface area contributed by atoms with Crippen LogP contribution in [0, 0.1) is 11.7 Å². The number of aromatic nitrogens is 1. The fraction of sp³-hybridized carbons (Fsp3) is 0.500. The summed E-state index contributed by atoms with van der Waals surface area (Å²) in [5, 5.41) is 13.7. The number of hydrogen-bond acceptors (Lipinski definition) is 6. The Hall–Kier alpha value is -2.61. The van der Waals surface area contributed by atoms with Gasteiger partial charge in [-0.2, -0.15) is 0 Å². The van der Waals surface area contributed by atoms with Crippen molar-refractivity contribution in [3.63, 3.8) is 0 Å². The van der Waals surface area contributed by atoms with Gasteiger partial charge in [0, 0.05) is 25.7 Å². The number of ether oxygens (including phenoxy) is 1. The summed E-state index contributed by atoms with van der Waals surface area (Å²) in [6.07, 6.45) is 2.47. The van der Waals surface area contributed by atoms with Gasteiger partial charge in [-0.1, -0.05) is 12.1 Å². The highest BCUT2D eigenvalue weighted by atomic mass is 19.1. The van der Waals surface area contributed by atoms with Crippen molar-refractivity contribution < 1.29 is 23.6 Å². The number of aromatic carboxylic acids is 1. The van der Waals surface area contributed by atoms with Gasteiger partial charge in [-0.3, -0.25) is 0 Å². The number of nitrogens with zero attached hydrogens (tertiary/aromatic N) is 3. The summed E-state index contributed by atoms with van der Waals surface area (Å²) >= 11 is 0. The monoisotopic (exact) mass is 391 g/mol. The lowest BCUT2D eigenvalue weighted by Gasteiger charge is -2.25. The maximum atomic E-state index is 13.7. The summed E-state index contributed by atoms with van der Waals surface area (Å²) in [5.41, 5.74) is 0.359. The molecule has 0 saturated carbocycles. The van der Waals surface area contributed by atoms with E-state index < -0.39 is 11.8 Å². The van der Waals surface area contributed by atoms with Gasteiger partial charge in [0.15, 0.2) is 28.7 Å². The number of benzene rings is 1. The number of rotatable bonds is 8. The highest BCUT2D eigenvalue weighted by Gasteiger charge is 2.27. The Balaban J connectivity index is 1.83. The summed E-state index contributed by atoms with van der Waals surface area (Å²) in [5.74, 6) is -0.974. The molecule has 1 aliphatic rings. The van der Waals surface area contributed by atoms with Gasteiger partial charge >= 0.3 is 5.97 Å². The Morgan fingerprint density at radius 3 is 2.79 bits per heavy atom. The van der Waals surface area contributed by atoms with Crippen LogP contribution in [0.4, 0.5) is 10.2 Å². The predicted molar refractivity (Wildman–Crippen MR) is 104 cm³/mol. The van der Waals surface area contributed by atoms with E-state index in [1.54, 1.807) is 11.9 Å². The number of hydrogen-bond donors (Lipinski definition) is 1. The molecule has 1 fully saturated rings. The van der Waals surface area contributed by atoms with E-state index in [2.05, 4.69) is 17.0 Å². The molecule has 28 heavy (non-hydrogen) atoms. The Morgan fingerprint density at radius 1 is 1.43 bits per heavy atom. The van der Waals surface area contributed by atoms with Crippen molar-refractivity contribution in [3.05, 3.63) is 29.6 Å². The van der Waals surface area contributed by atoms with Crippen LogP contribution in [0.5, 0.6) is 5.75 Å². The van der Waals surface area contributed by atoms with Gasteiger partial charge in [-0.25, -0.2) is 9.18 Å². The standard InChI is InChI=1S/C20H26FN3O4/c1-13(12-24-8-4-5-9-24)11-23(2)19-17(20(25)26)18(28-22-19)14-6-7-15(21)16(10-14)27-3/h6-7,10,13H,4-5,8-9,11-12H2,1-3H3,(H,25,26). The van der Waals surface area contributed by atoms with Crippen LogP contribution >= 0.6 is 0 Å². The molecule has 1 N–H and O–H groups in total. The zero-order chi connectivity index (χ0) is 20.3. The highest BCUT2D eigenvalue weighted by Crippen LogP contribution is 2.34. The van der Waals surface area contributed by atoms with E-state index in [0.717, 1.165) is 19.6 Å². The van der Waals surface area contributed by atoms with Crippen LogP contribution in [0.1, 0.15) is 30.1 Å². The van der Waals surface area contributed by atoms with E-state index in [1.165, 1.54) is 38.2 Å². The second-order valence-corrected chi connectivity index (χ2v) is 7.36. The average molecular weight is 391 g/mol. The lowest BCUT2D eigenvalue weighted by molar-refractivity contribution is 0.0697. The van der Waals surface area contributed by atoms with Crippen molar-refractivity contribution in [3.8, 4) is 17.1 Å². The average Bonchev–Trinajstić information content (AvgIpc) is 3.31. The van der Waals surface area contributed by atoms with Gasteiger partial charge < -0.3 is 24.2 Å². The third-order valence-electron chi connectivity index (χ3n) is 5.02. The summed E-state index contributed by atoms with van der Waals surface area (Å²) < 4.78 is 24.0. The first-order valence-electron chi connectivity index (χ1n) is 9.41. The number of likely N-dealkylation sites (tertiary alicyclic amines) is 1. The number of halogens is 1. The molecule has 7 nitrogen and oxygen atoms in total. The van der Waals surface area contributed by atoms with E-state index in [0.29, 0.717) is 18.0 Å². The maximum Gasteiger partial charge on any atom is 0.343 e. The summed E-state index contributed by atoms with van der Waals surface area (Å²) in [4.78, 5) is 16.2. The molecule has 0 amide bonds. The van der Waals surface area contributed by atoms with Crippen LogP contribution in [0.15, 0.2) is 22.7 Å². The maximum absolute atomic E-state index is 13.7. The van der Waals surface area contributed by atoms with Gasteiger partial charge in [0.2, 0.25) is 0 Å². The molecule has 1 atom stereocenters. The smallest absolute Gasteiger partial charge is 0.343 e. The summed E-state index contributed by atoms with van der Waals surface area (Å²) in [6.45, 7) is 5.99. The van der Waals surface area contributed by atoms with E-state index in [9.17, 15) is 14.3 Å². The molecule has 0 radical (unpaired) electrons. The fourth-order valence-corrected chi connectivity index (χ4v) is 3.75. The first-order valence-corrected chi connectivity index (χ1v) is 9.41. The van der Waals surface area contributed by atoms with Crippen LogP contribution in [-0.4, -0.2) is 61.5 Å². The molecule has 1 aromatic carbocycles. The van der Waals surface area contributed by atoms with Crippen LogP contribution in [0.25, 0.3) is 11.3 Å². The molecule has 1 aromatic heterocycles. The Morgan fingerprint density at radius 2 is 2.14 bits per heavy atom. The minimum Gasteiger partial charge on any atom is -0.494 e. The van der Waals surface area contributed by atoms with Gasteiger partial charge in [0.25, 0.3) is 0 Å². The quantitative estimate of drug-likeness (QED) is 0.739. The molecule has 0 aliphatic carbocycles. The molecular formula is C20H26FN3O4. The Bertz CT molecular complexity index is 833. The van der Waals surface area contributed by atoms with Crippen molar-refractivity contribution in [1.82, 2.24) is 10.1 Å². The Kier molecular flexibility index (Phi) is 6.18. The van der Waals surface area contributed by atoms with Gasteiger partial charge in [-0.05, 0) is 50.0 Å². The second-order valence-electron chi connectivity index (χ2n) is 7.36. The molecule has 0 bridgehead atoms. The number of methoxy groups -OCH3 is 1. The lowest BCUT2D eigenvalue weighted by atomic mass is 10.1. The first kappa shape index (κ1) is 20.1. The molecule has 1 aliphatic heterocycles. The molecule has 3 rings (SSSR count). The topological polar surface area (TPSA) is 79.0 Å². The number of carboxylic acids is 1. The normalized spacial score (nSPS) is 15.6. The fourth-order valence-electron chi connectivity index (χ4n) is 3.75. The molecular weight excluding hydrogens is 365 g/mol. The summed E-state index contributed by atoms with van der Waals surface area (Å²) in [6, 6.07) is 4.07. The molecule has 152 valence electrons. The summed E-state index contributed by atoms with van der Waals surface area (Å²) in [7, 11) is 3.15. The second kappa shape index (κ2) is 8.60. The predicted octanol–water partition coefficient (Wildman–Crippen LogP) is 3.36. The number of carbonyl (C=O) groups is 1. The minimum atomic E-state index is -1.14. The van der Waals surface area contributed by atoms with Gasteiger partial charge in [0.1, 0.15) is 0 Å². The van der Waals surface area contributed by atoms with Crippen molar-refractivity contribution in [2.75, 3.05) is 45.2 Å². The van der Waals surface area contributed by atoms with E-state index in [1.807, 2.05) is 0 Å². The lowest BCUT2D eigenvalue weighted by Crippen LogP contribution is -2.33. The molecule has 2 heterocycles. The van der Waals surface area contributed by atoms with Crippen LogP contribution in [0.2, 0.25) is 0 Å². The van der Waals surface area contributed by atoms with Crippen molar-refractivity contribution in [2.24, 2.45) is 5.92 Å². The van der Waals surface area contributed by atoms with Crippen molar-refractivity contribution in [2.45, 2.75) is 19.8 Å². The largest absolute Gasteiger partial charge is 0.494 e. The minimum absolute atomic E-state index is 0.0133. The third-order valence-corrected chi connectivity index (χ3v) is 5.02. The van der Waals surface area contributed by atoms with Crippen LogP contribution in [-0.2, 0) is 0 Å². The molecule has 0 spiro atoms. The van der Waals surface area contributed by atoms with Crippen LogP contribution < -0.4 is 9.64 Å². The number of carboxylic acid groups (broad SMARTS) is 1.